The number of aliphatic hydroxyl groups excluding tert-OH is 1. The lowest BCUT2D eigenvalue weighted by atomic mass is 9.84. The van der Waals surface area contributed by atoms with E-state index in [9.17, 15) is 9.90 Å². The number of imidazole rings is 1. The maximum atomic E-state index is 14.8. The quantitative estimate of drug-likeness (QED) is 0.345. The van der Waals surface area contributed by atoms with Crippen molar-refractivity contribution in [3.63, 3.8) is 0 Å². The van der Waals surface area contributed by atoms with Crippen LogP contribution < -0.4 is 5.32 Å². The van der Waals surface area contributed by atoms with Gasteiger partial charge in [-0.2, -0.15) is 0 Å². The fourth-order valence-electron chi connectivity index (χ4n) is 7.64. The normalized spacial score (nSPS) is 22.4. The Morgan fingerprint density at radius 2 is 1.62 bits per heavy atom. The third-order valence-corrected chi connectivity index (χ3v) is 10.1. The first-order chi connectivity index (χ1) is 21.8. The fraction of sp³-hybridized carbons (Fsp3) is 0.568. The molecule has 0 saturated carbocycles. The second kappa shape index (κ2) is 14.1. The average molecular weight is 613 g/mol. The summed E-state index contributed by atoms with van der Waals surface area (Å²) in [6, 6.07) is 21.1. The topological polar surface area (TPSA) is 76.9 Å². The van der Waals surface area contributed by atoms with E-state index in [1.165, 1.54) is 37.9 Å². The van der Waals surface area contributed by atoms with Gasteiger partial charge in [0.05, 0.1) is 17.8 Å². The molecule has 3 aromatic rings. The van der Waals surface area contributed by atoms with Crippen LogP contribution in [0.4, 0.5) is 4.79 Å². The lowest BCUT2D eigenvalue weighted by Crippen LogP contribution is -2.55. The van der Waals surface area contributed by atoms with Crippen molar-refractivity contribution in [3.8, 4) is 11.3 Å². The number of nitrogens with one attached hydrogen (secondary N) is 1. The highest BCUT2D eigenvalue weighted by molar-refractivity contribution is 5.75. The first kappa shape index (κ1) is 31.8. The van der Waals surface area contributed by atoms with Gasteiger partial charge in [-0.15, -0.1) is 0 Å². The molecule has 3 atom stereocenters. The summed E-state index contributed by atoms with van der Waals surface area (Å²) in [5.74, 6) is 0.859. The largest absolute Gasteiger partial charge is 0.391 e. The molecule has 242 valence electrons. The first-order valence-electron chi connectivity index (χ1n) is 17.1. The van der Waals surface area contributed by atoms with Gasteiger partial charge in [0.2, 0.25) is 0 Å². The monoisotopic (exact) mass is 612 g/mol. The standard InChI is InChI=1S/C37H52N6O2/c1-37(2,3)34(35-39-32(29-15-9-5-10-16-29)27-42(35)25-28-13-7-4-8-14-28)43(26-30-23-38-24-33(30)44)36(45)41-21-17-31(18-22-41)40-19-11-6-12-20-40/h4-5,7-10,13-16,27,30-31,33-34,38,44H,6,11-12,17-26H2,1-3H3/t30-,33+,34+/m1/s1. The van der Waals surface area contributed by atoms with Crippen LogP contribution in [0.1, 0.15) is 70.3 Å². The molecule has 3 fully saturated rings. The highest BCUT2D eigenvalue weighted by Gasteiger charge is 2.43. The van der Waals surface area contributed by atoms with Gasteiger partial charge in [-0.3, -0.25) is 0 Å². The Labute approximate surface area is 269 Å². The molecule has 3 aliphatic heterocycles. The number of carbonyl (C=O) groups is 1. The minimum absolute atomic E-state index is 0.0316. The molecule has 2 N–H and O–H groups in total. The third kappa shape index (κ3) is 7.45. The van der Waals surface area contributed by atoms with Gasteiger partial charge in [-0.1, -0.05) is 87.9 Å². The Kier molecular flexibility index (Phi) is 9.93. The fourth-order valence-corrected chi connectivity index (χ4v) is 7.64. The number of piperidine rings is 2. The van der Waals surface area contributed by atoms with Crippen molar-refractivity contribution in [3.05, 3.63) is 78.2 Å². The van der Waals surface area contributed by atoms with Gasteiger partial charge in [-0.05, 0) is 49.8 Å². The number of likely N-dealkylation sites (tertiary alicyclic amines) is 2. The van der Waals surface area contributed by atoms with Crippen LogP contribution in [0.25, 0.3) is 11.3 Å². The molecule has 0 bridgehead atoms. The van der Waals surface area contributed by atoms with Crippen molar-refractivity contribution in [2.45, 2.75) is 77.6 Å². The number of β-amino-alcohol motifs (C(OH)–C–C–N with tert-alkyl or cyclic N) is 1. The summed E-state index contributed by atoms with van der Waals surface area (Å²) >= 11 is 0. The Morgan fingerprint density at radius 1 is 0.956 bits per heavy atom. The summed E-state index contributed by atoms with van der Waals surface area (Å²) in [7, 11) is 0. The van der Waals surface area contributed by atoms with Crippen LogP contribution in [0.5, 0.6) is 0 Å². The summed E-state index contributed by atoms with van der Waals surface area (Å²) in [6.07, 6.45) is 7.63. The Bertz CT molecular complexity index is 1370. The van der Waals surface area contributed by atoms with Crippen LogP contribution in [0.2, 0.25) is 0 Å². The van der Waals surface area contributed by atoms with E-state index in [1.54, 1.807) is 0 Å². The molecule has 6 rings (SSSR count). The number of hydrogen-bond acceptors (Lipinski definition) is 5. The zero-order chi connectivity index (χ0) is 31.4. The minimum Gasteiger partial charge on any atom is -0.391 e. The van der Waals surface area contributed by atoms with Gasteiger partial charge in [0.1, 0.15) is 5.82 Å². The lowest BCUT2D eigenvalue weighted by Gasteiger charge is -2.45. The van der Waals surface area contributed by atoms with E-state index >= 15 is 0 Å². The smallest absolute Gasteiger partial charge is 0.320 e. The summed E-state index contributed by atoms with van der Waals surface area (Å²) in [6.45, 7) is 13.0. The molecule has 8 heteroatoms. The van der Waals surface area contributed by atoms with Crippen LogP contribution in [0, 0.1) is 11.3 Å². The average Bonchev–Trinajstić information content (AvgIpc) is 3.66. The molecule has 1 aromatic heterocycles. The summed E-state index contributed by atoms with van der Waals surface area (Å²) in [5.41, 5.74) is 2.85. The minimum atomic E-state index is -0.477. The number of hydrogen-bond donors (Lipinski definition) is 2. The number of carbonyl (C=O) groups excluding carboxylic acids is 1. The van der Waals surface area contributed by atoms with Crippen LogP contribution in [0.3, 0.4) is 0 Å². The second-order valence-corrected chi connectivity index (χ2v) is 14.5. The van der Waals surface area contributed by atoms with Crippen molar-refractivity contribution in [1.82, 2.24) is 29.6 Å². The van der Waals surface area contributed by atoms with E-state index < -0.39 is 6.10 Å². The maximum Gasteiger partial charge on any atom is 0.320 e. The summed E-state index contributed by atoms with van der Waals surface area (Å²) in [5, 5.41) is 14.3. The van der Waals surface area contributed by atoms with E-state index in [2.05, 4.69) is 87.9 Å². The lowest BCUT2D eigenvalue weighted by molar-refractivity contribution is 0.0427. The number of benzene rings is 2. The molecular weight excluding hydrogens is 560 g/mol. The predicted octanol–water partition coefficient (Wildman–Crippen LogP) is 5.64. The zero-order valence-electron chi connectivity index (χ0n) is 27.4. The molecule has 3 aliphatic rings. The second-order valence-electron chi connectivity index (χ2n) is 14.5. The molecule has 0 spiro atoms. The van der Waals surface area contributed by atoms with Gasteiger partial charge in [-0.25, -0.2) is 9.78 Å². The van der Waals surface area contributed by atoms with Crippen LogP contribution in [-0.2, 0) is 6.54 Å². The highest BCUT2D eigenvalue weighted by Crippen LogP contribution is 2.40. The molecule has 0 aliphatic carbocycles. The van der Waals surface area contributed by atoms with Gasteiger partial charge in [0.15, 0.2) is 0 Å². The van der Waals surface area contributed by atoms with Crippen LogP contribution >= 0.6 is 0 Å². The molecule has 0 unspecified atom stereocenters. The Morgan fingerprint density at radius 3 is 2.24 bits per heavy atom. The molecule has 8 nitrogen and oxygen atoms in total. The zero-order valence-corrected chi connectivity index (χ0v) is 27.4. The van der Waals surface area contributed by atoms with Gasteiger partial charge in [0.25, 0.3) is 0 Å². The third-order valence-electron chi connectivity index (χ3n) is 10.1. The SMILES string of the molecule is CC(C)(C)[C@H](c1nc(-c2ccccc2)cn1Cc1ccccc1)N(C[C@H]1CNC[C@@H]1O)C(=O)N1CCC(N2CCCCC2)CC1. The number of aliphatic hydroxyl groups is 1. The number of amides is 2. The molecule has 0 radical (unpaired) electrons. The van der Waals surface area contributed by atoms with E-state index in [-0.39, 0.29) is 23.4 Å². The molecule has 2 aromatic carbocycles. The van der Waals surface area contributed by atoms with E-state index in [4.69, 9.17) is 4.98 Å². The van der Waals surface area contributed by atoms with Crippen molar-refractivity contribution >= 4 is 6.03 Å². The van der Waals surface area contributed by atoms with Crippen molar-refractivity contribution in [2.24, 2.45) is 11.3 Å². The number of aromatic nitrogens is 2. The molecule has 3 saturated heterocycles. The highest BCUT2D eigenvalue weighted by atomic mass is 16.3. The molecule has 4 heterocycles. The van der Waals surface area contributed by atoms with Gasteiger partial charge >= 0.3 is 6.03 Å². The van der Waals surface area contributed by atoms with Gasteiger partial charge in [0, 0.05) is 63.0 Å². The predicted molar refractivity (Wildman–Crippen MR) is 180 cm³/mol. The molecule has 2 amide bonds. The summed E-state index contributed by atoms with van der Waals surface area (Å²) in [4.78, 5) is 26.9. The number of urea groups is 1. The first-order valence-corrected chi connectivity index (χ1v) is 17.1. The molecule has 45 heavy (non-hydrogen) atoms. The maximum absolute atomic E-state index is 14.8. The Balaban J connectivity index is 1.35. The van der Waals surface area contributed by atoms with E-state index in [0.29, 0.717) is 32.2 Å². The Hall–Kier alpha value is -3.20. The van der Waals surface area contributed by atoms with Gasteiger partial charge < -0.3 is 29.7 Å². The number of nitrogens with zero attached hydrogens (tertiary/aromatic N) is 5. The van der Waals surface area contributed by atoms with Crippen molar-refractivity contribution < 1.29 is 9.90 Å². The number of rotatable bonds is 8. The van der Waals surface area contributed by atoms with Crippen molar-refractivity contribution in [1.29, 1.82) is 0 Å². The summed E-state index contributed by atoms with van der Waals surface area (Å²) < 4.78 is 2.25. The van der Waals surface area contributed by atoms with Crippen molar-refractivity contribution in [2.75, 3.05) is 45.8 Å². The van der Waals surface area contributed by atoms with E-state index in [0.717, 1.165) is 43.0 Å². The van der Waals surface area contributed by atoms with Crippen LogP contribution in [-0.4, -0.2) is 93.3 Å². The van der Waals surface area contributed by atoms with Crippen LogP contribution in [0.15, 0.2) is 66.9 Å². The molecular formula is C37H52N6O2. The van der Waals surface area contributed by atoms with E-state index in [1.807, 2.05) is 24.3 Å².